The number of aromatic nitrogens is 1. The van der Waals surface area contributed by atoms with Gasteiger partial charge in [-0.25, -0.2) is 4.39 Å². The molecule has 2 amide bonds. The molecule has 0 unspecified atom stereocenters. The van der Waals surface area contributed by atoms with E-state index in [-0.39, 0.29) is 52.8 Å². The number of nitrogens with zero attached hydrogens (tertiary/aromatic N) is 2. The van der Waals surface area contributed by atoms with E-state index in [4.69, 9.17) is 21.1 Å². The third-order valence-electron chi connectivity index (χ3n) is 8.33. The number of likely N-dealkylation sites (tertiary alicyclic amines) is 1. The number of fused-ring (bicyclic) bond motifs is 1. The van der Waals surface area contributed by atoms with Gasteiger partial charge in [0.25, 0.3) is 5.91 Å². The van der Waals surface area contributed by atoms with Crippen LogP contribution in [0, 0.1) is 11.7 Å². The first-order valence-electron chi connectivity index (χ1n) is 14.1. The summed E-state index contributed by atoms with van der Waals surface area (Å²) in [5.41, 5.74) is 1.57. The zero-order valence-corrected chi connectivity index (χ0v) is 24.4. The van der Waals surface area contributed by atoms with Crippen molar-refractivity contribution in [1.82, 2.24) is 9.47 Å². The summed E-state index contributed by atoms with van der Waals surface area (Å²) in [5.74, 6) is -2.43. The Kier molecular flexibility index (Phi) is 9.15. The van der Waals surface area contributed by atoms with Crippen LogP contribution in [0.2, 0.25) is 5.02 Å². The first-order valence-corrected chi connectivity index (χ1v) is 14.5. The Morgan fingerprint density at radius 2 is 1.86 bits per heavy atom. The summed E-state index contributed by atoms with van der Waals surface area (Å²) in [6.45, 7) is 0.667. The predicted molar refractivity (Wildman–Crippen MR) is 156 cm³/mol. The average Bonchev–Trinajstić information content (AvgIpc) is 3.52. The van der Waals surface area contributed by atoms with Gasteiger partial charge in [-0.1, -0.05) is 29.8 Å². The van der Waals surface area contributed by atoms with Crippen molar-refractivity contribution in [3.05, 3.63) is 64.6 Å². The van der Waals surface area contributed by atoms with E-state index < -0.39 is 17.7 Å². The van der Waals surface area contributed by atoms with Gasteiger partial charge >= 0.3 is 5.97 Å². The molecule has 42 heavy (non-hydrogen) atoms. The lowest BCUT2D eigenvalue weighted by Crippen LogP contribution is -2.39. The number of carboxylic acids is 1. The highest BCUT2D eigenvalue weighted by atomic mass is 35.5. The minimum atomic E-state index is -0.765. The lowest BCUT2D eigenvalue weighted by molar-refractivity contribution is -0.144. The van der Waals surface area contributed by atoms with Crippen molar-refractivity contribution >= 4 is 46.0 Å². The molecule has 1 aliphatic carbocycles. The van der Waals surface area contributed by atoms with Gasteiger partial charge in [-0.3, -0.25) is 14.4 Å². The molecule has 2 aromatic carbocycles. The van der Waals surface area contributed by atoms with Gasteiger partial charge in [-0.15, -0.1) is 0 Å². The number of para-hydroxylation sites is 1. The number of nitrogens with one attached hydrogen (secondary N) is 1. The molecule has 1 saturated carbocycles. The molecule has 1 saturated heterocycles. The number of carbonyl (C=O) groups excluding carboxylic acids is 2. The minimum absolute atomic E-state index is 0.0447. The lowest BCUT2D eigenvalue weighted by Gasteiger charge is -2.28. The van der Waals surface area contributed by atoms with Crippen molar-refractivity contribution in [2.24, 2.45) is 13.0 Å². The molecule has 0 spiro atoms. The Balaban J connectivity index is 1.23. The molecule has 224 valence electrons. The van der Waals surface area contributed by atoms with Crippen LogP contribution in [0.4, 0.5) is 10.1 Å². The van der Waals surface area contributed by atoms with Crippen LogP contribution < -0.4 is 5.32 Å². The number of rotatable bonds is 9. The summed E-state index contributed by atoms with van der Waals surface area (Å²) >= 11 is 6.45. The van der Waals surface area contributed by atoms with Gasteiger partial charge in [0.1, 0.15) is 5.82 Å². The fourth-order valence-corrected chi connectivity index (χ4v) is 6.38. The summed E-state index contributed by atoms with van der Waals surface area (Å²) < 4.78 is 28.7. The van der Waals surface area contributed by atoms with Crippen molar-refractivity contribution in [2.45, 2.75) is 56.8 Å². The molecule has 0 radical (unpaired) electrons. The van der Waals surface area contributed by atoms with Gasteiger partial charge in [0.2, 0.25) is 5.91 Å². The second kappa shape index (κ2) is 12.8. The number of carboxylic acid groups (broad SMARTS) is 1. The predicted octanol–water partition coefficient (Wildman–Crippen LogP) is 5.04. The summed E-state index contributed by atoms with van der Waals surface area (Å²) in [7, 11) is 3.41. The number of hydrogen-bond acceptors (Lipinski definition) is 5. The van der Waals surface area contributed by atoms with Crippen LogP contribution in [0.5, 0.6) is 0 Å². The van der Waals surface area contributed by atoms with Gasteiger partial charge in [0, 0.05) is 37.8 Å². The van der Waals surface area contributed by atoms with Crippen LogP contribution in [-0.2, 0) is 32.5 Å². The minimum Gasteiger partial charge on any atom is -0.481 e. The van der Waals surface area contributed by atoms with Crippen LogP contribution in [-0.4, -0.2) is 70.9 Å². The molecule has 9 nitrogen and oxygen atoms in total. The Labute approximate surface area is 248 Å². The smallest absolute Gasteiger partial charge is 0.306 e. The molecule has 11 heteroatoms. The van der Waals surface area contributed by atoms with E-state index in [9.17, 15) is 19.5 Å². The maximum atomic E-state index is 15.2. The molecule has 2 N–H and O–H groups in total. The zero-order valence-electron chi connectivity index (χ0n) is 23.6. The van der Waals surface area contributed by atoms with Crippen molar-refractivity contribution in [1.29, 1.82) is 0 Å². The van der Waals surface area contributed by atoms with E-state index in [1.54, 1.807) is 18.2 Å². The first-order chi connectivity index (χ1) is 20.1. The normalized spacial score (nSPS) is 22.4. The number of anilines is 1. The van der Waals surface area contributed by atoms with E-state index in [0.717, 1.165) is 17.0 Å². The average molecular weight is 600 g/mol. The number of hydrogen-bond donors (Lipinski definition) is 2. The second-order valence-corrected chi connectivity index (χ2v) is 11.6. The van der Waals surface area contributed by atoms with Gasteiger partial charge in [-0.2, -0.15) is 0 Å². The molecule has 0 bridgehead atoms. The molecule has 5 rings (SSSR count). The molecular formula is C31H35ClFN3O6. The number of carbonyl (C=O) groups is 3. The Bertz CT molecular complexity index is 1480. The maximum Gasteiger partial charge on any atom is 0.306 e. The van der Waals surface area contributed by atoms with Crippen LogP contribution in [0.25, 0.3) is 10.9 Å². The topological polar surface area (TPSA) is 110 Å². The summed E-state index contributed by atoms with van der Waals surface area (Å²) in [4.78, 5) is 39.3. The SMILES string of the molecule is COC[C@@H]1C[C@@H](O[C@H]2CC[C@H](C(=O)O)CC2)CN1C(=O)Cc1cc(Cl)c(NC(=O)c2cn(C)c3ccccc23)cc1F. The number of amides is 2. The van der Waals surface area contributed by atoms with Crippen LogP contribution in [0.3, 0.4) is 0 Å². The third kappa shape index (κ3) is 6.45. The summed E-state index contributed by atoms with van der Waals surface area (Å²) in [6.07, 6.45) is 4.33. The highest BCUT2D eigenvalue weighted by Crippen LogP contribution is 2.32. The number of methoxy groups -OCH3 is 1. The molecule has 2 atom stereocenters. The quantitative estimate of drug-likeness (QED) is 0.357. The van der Waals surface area contributed by atoms with Crippen LogP contribution >= 0.6 is 11.6 Å². The monoisotopic (exact) mass is 599 g/mol. The highest BCUT2D eigenvalue weighted by molar-refractivity contribution is 6.34. The van der Waals surface area contributed by atoms with Crippen LogP contribution in [0.1, 0.15) is 48.0 Å². The zero-order chi connectivity index (χ0) is 30.0. The van der Waals surface area contributed by atoms with Crippen molar-refractivity contribution in [2.75, 3.05) is 25.6 Å². The number of halogens is 2. The van der Waals surface area contributed by atoms with Crippen molar-refractivity contribution in [3.8, 4) is 0 Å². The second-order valence-electron chi connectivity index (χ2n) is 11.2. The van der Waals surface area contributed by atoms with E-state index >= 15 is 4.39 Å². The standard InChI is InChI=1S/C31H35ClFN3O6/c1-35-16-24(23-5-3-4-6-28(23)35)30(38)34-27-14-26(33)19(11-25(27)32)12-29(37)36-15-22(13-20(36)17-41-2)42-21-9-7-18(8-10-21)31(39)40/h3-6,11,14,16,18,20-22H,7-10,12-13,15,17H2,1-2H3,(H,34,38)(H,39,40)/t18-,20-,21-,22+/m0/s1. The summed E-state index contributed by atoms with van der Waals surface area (Å²) in [5, 5.41) is 12.8. The van der Waals surface area contributed by atoms with E-state index in [0.29, 0.717) is 50.8 Å². The van der Waals surface area contributed by atoms with E-state index in [1.165, 1.54) is 6.07 Å². The highest BCUT2D eigenvalue weighted by Gasteiger charge is 2.38. The van der Waals surface area contributed by atoms with Gasteiger partial charge in [0.15, 0.2) is 0 Å². The molecule has 1 aliphatic heterocycles. The van der Waals surface area contributed by atoms with Gasteiger partial charge in [0.05, 0.1) is 53.5 Å². The number of benzene rings is 2. The summed E-state index contributed by atoms with van der Waals surface area (Å²) in [6, 6.07) is 9.78. The van der Waals surface area contributed by atoms with E-state index in [1.807, 2.05) is 35.9 Å². The molecule has 1 aromatic heterocycles. The molecule has 2 heterocycles. The Morgan fingerprint density at radius 3 is 2.57 bits per heavy atom. The fraction of sp³-hybridized carbons (Fsp3) is 0.452. The van der Waals surface area contributed by atoms with Crippen molar-refractivity contribution < 1.29 is 33.4 Å². The number of aryl methyl sites for hydroxylation is 1. The molecule has 2 fully saturated rings. The number of ether oxygens (including phenoxy) is 2. The van der Waals surface area contributed by atoms with Gasteiger partial charge < -0.3 is 29.4 Å². The Hall–Kier alpha value is -3.47. The third-order valence-corrected chi connectivity index (χ3v) is 8.64. The van der Waals surface area contributed by atoms with Crippen molar-refractivity contribution in [3.63, 3.8) is 0 Å². The van der Waals surface area contributed by atoms with Crippen LogP contribution in [0.15, 0.2) is 42.6 Å². The van der Waals surface area contributed by atoms with E-state index in [2.05, 4.69) is 5.32 Å². The maximum absolute atomic E-state index is 15.2. The van der Waals surface area contributed by atoms with Gasteiger partial charge in [-0.05, 0) is 55.9 Å². The molecular weight excluding hydrogens is 565 g/mol. The fourth-order valence-electron chi connectivity index (χ4n) is 6.14. The number of aliphatic carboxylic acids is 1. The lowest BCUT2D eigenvalue weighted by atomic mass is 9.87. The molecule has 2 aliphatic rings. The first kappa shape index (κ1) is 30.0. The largest absolute Gasteiger partial charge is 0.481 e. The Morgan fingerprint density at radius 1 is 1.12 bits per heavy atom. The molecule has 3 aromatic rings.